The summed E-state index contributed by atoms with van der Waals surface area (Å²) in [6.07, 6.45) is 0.352. The van der Waals surface area contributed by atoms with Gasteiger partial charge in [0, 0.05) is 13.1 Å². The van der Waals surface area contributed by atoms with Crippen LogP contribution < -0.4 is 19.1 Å². The Morgan fingerprint density at radius 3 is 2.05 bits per heavy atom. The minimum Gasteiger partial charge on any atom is -0.497 e. The molecule has 214 valence electrons. The molecule has 3 aromatic rings. The van der Waals surface area contributed by atoms with E-state index in [1.807, 2.05) is 26.0 Å². The predicted octanol–water partition coefficient (Wildman–Crippen LogP) is 4.23. The molecule has 2 amide bonds. The predicted molar refractivity (Wildman–Crippen MR) is 155 cm³/mol. The Hall–Kier alpha value is -4.05. The van der Waals surface area contributed by atoms with Crippen LogP contribution in [0.25, 0.3) is 0 Å². The second kappa shape index (κ2) is 14.4. The van der Waals surface area contributed by atoms with Gasteiger partial charge in [0.2, 0.25) is 11.8 Å². The number of nitrogens with one attached hydrogen (secondary N) is 1. The van der Waals surface area contributed by atoms with Crippen LogP contribution in [0.2, 0.25) is 0 Å². The number of hydrogen-bond donors (Lipinski definition) is 1. The standard InChI is InChI=1S/C30H37N3O6S/c1-5-28(30(35)31-6-2)32(21-23-13-15-25(38-4)16-14-23)29(34)22-33(24-11-9-8-10-12-24)40(36,37)27-19-17-26(18-20-27)39-7-3/h8-20,28H,5-7,21-22H2,1-4H3,(H,31,35)/t28-/m0/s1. The van der Waals surface area contributed by atoms with Crippen LogP contribution in [-0.2, 0) is 26.2 Å². The highest BCUT2D eigenvalue weighted by Crippen LogP contribution is 2.26. The Morgan fingerprint density at radius 1 is 0.875 bits per heavy atom. The van der Waals surface area contributed by atoms with Gasteiger partial charge in [-0.15, -0.1) is 0 Å². The number of ether oxygens (including phenoxy) is 2. The van der Waals surface area contributed by atoms with E-state index in [2.05, 4.69) is 5.32 Å². The number of methoxy groups -OCH3 is 1. The third kappa shape index (κ3) is 7.53. The summed E-state index contributed by atoms with van der Waals surface area (Å²) in [5.41, 5.74) is 1.11. The van der Waals surface area contributed by atoms with Crippen LogP contribution in [0.4, 0.5) is 5.69 Å². The van der Waals surface area contributed by atoms with Gasteiger partial charge < -0.3 is 19.7 Å². The molecule has 0 heterocycles. The van der Waals surface area contributed by atoms with Gasteiger partial charge in [-0.05, 0) is 74.4 Å². The first-order chi connectivity index (χ1) is 19.2. The quantitative estimate of drug-likeness (QED) is 0.313. The molecule has 9 nitrogen and oxygen atoms in total. The highest BCUT2D eigenvalue weighted by molar-refractivity contribution is 7.92. The van der Waals surface area contributed by atoms with Crippen molar-refractivity contribution >= 4 is 27.5 Å². The number of nitrogens with zero attached hydrogens (tertiary/aromatic N) is 2. The second-order valence-electron chi connectivity index (χ2n) is 8.94. The van der Waals surface area contributed by atoms with Gasteiger partial charge in [0.1, 0.15) is 24.1 Å². The summed E-state index contributed by atoms with van der Waals surface area (Å²) in [6, 6.07) is 20.9. The fourth-order valence-electron chi connectivity index (χ4n) is 4.26. The molecule has 1 atom stereocenters. The summed E-state index contributed by atoms with van der Waals surface area (Å²) in [4.78, 5) is 28.4. The summed E-state index contributed by atoms with van der Waals surface area (Å²) in [7, 11) is -2.58. The molecule has 3 rings (SSSR count). The van der Waals surface area contributed by atoms with Gasteiger partial charge in [0.25, 0.3) is 10.0 Å². The fraction of sp³-hybridized carbons (Fsp3) is 0.333. The van der Waals surface area contributed by atoms with E-state index in [1.54, 1.807) is 68.6 Å². The van der Waals surface area contributed by atoms with E-state index >= 15 is 0 Å². The Bertz CT molecular complexity index is 1350. The normalized spacial score (nSPS) is 11.8. The van der Waals surface area contributed by atoms with Gasteiger partial charge in [-0.2, -0.15) is 0 Å². The molecule has 0 saturated heterocycles. The zero-order valence-corrected chi connectivity index (χ0v) is 24.2. The third-order valence-corrected chi connectivity index (χ3v) is 8.08. The maximum absolute atomic E-state index is 14.0. The van der Waals surface area contributed by atoms with Crippen LogP contribution in [0, 0.1) is 0 Å². The molecule has 0 spiro atoms. The van der Waals surface area contributed by atoms with E-state index in [0.29, 0.717) is 36.8 Å². The second-order valence-corrected chi connectivity index (χ2v) is 10.8. The molecular weight excluding hydrogens is 530 g/mol. The summed E-state index contributed by atoms with van der Waals surface area (Å²) in [6.45, 7) is 5.94. The lowest BCUT2D eigenvalue weighted by molar-refractivity contribution is -0.140. The molecule has 0 bridgehead atoms. The smallest absolute Gasteiger partial charge is 0.264 e. The summed E-state index contributed by atoms with van der Waals surface area (Å²) < 4.78 is 39.5. The summed E-state index contributed by atoms with van der Waals surface area (Å²) >= 11 is 0. The number of likely N-dealkylation sites (N-methyl/N-ethyl adjacent to an activating group) is 1. The number of sulfonamides is 1. The van der Waals surface area contributed by atoms with E-state index < -0.39 is 28.5 Å². The Labute approximate surface area is 236 Å². The lowest BCUT2D eigenvalue weighted by Gasteiger charge is -2.33. The van der Waals surface area contributed by atoms with Crippen molar-refractivity contribution in [1.29, 1.82) is 0 Å². The van der Waals surface area contributed by atoms with Crippen LogP contribution in [0.15, 0.2) is 83.8 Å². The highest BCUT2D eigenvalue weighted by atomic mass is 32.2. The molecule has 0 aromatic heterocycles. The van der Waals surface area contributed by atoms with Crippen LogP contribution in [-0.4, -0.2) is 58.0 Å². The molecule has 0 aliphatic rings. The maximum Gasteiger partial charge on any atom is 0.264 e. The van der Waals surface area contributed by atoms with Crippen LogP contribution in [0.5, 0.6) is 11.5 Å². The van der Waals surface area contributed by atoms with Gasteiger partial charge in [-0.1, -0.05) is 37.3 Å². The fourth-order valence-corrected chi connectivity index (χ4v) is 5.68. The zero-order valence-electron chi connectivity index (χ0n) is 23.4. The first kappa shape index (κ1) is 30.5. The van der Waals surface area contributed by atoms with Gasteiger partial charge >= 0.3 is 0 Å². The van der Waals surface area contributed by atoms with Gasteiger partial charge in [-0.3, -0.25) is 13.9 Å². The SMILES string of the molecule is CCNC(=O)[C@H](CC)N(Cc1ccc(OC)cc1)C(=O)CN(c1ccccc1)S(=O)(=O)c1ccc(OCC)cc1. The average Bonchev–Trinajstić information content (AvgIpc) is 2.97. The first-order valence-corrected chi connectivity index (χ1v) is 14.7. The Morgan fingerprint density at radius 2 is 1.50 bits per heavy atom. The molecule has 1 N–H and O–H groups in total. The number of carbonyl (C=O) groups is 2. The largest absolute Gasteiger partial charge is 0.497 e. The highest BCUT2D eigenvalue weighted by Gasteiger charge is 2.33. The van der Waals surface area contributed by atoms with Crippen LogP contribution in [0.1, 0.15) is 32.8 Å². The van der Waals surface area contributed by atoms with Gasteiger partial charge in [0.05, 0.1) is 24.3 Å². The lowest BCUT2D eigenvalue weighted by atomic mass is 10.1. The van der Waals surface area contributed by atoms with Crippen LogP contribution in [0.3, 0.4) is 0 Å². The monoisotopic (exact) mass is 567 g/mol. The molecular formula is C30H37N3O6S. The van der Waals surface area contributed by atoms with Crippen molar-refractivity contribution in [3.63, 3.8) is 0 Å². The minimum atomic E-state index is -4.15. The van der Waals surface area contributed by atoms with E-state index in [4.69, 9.17) is 9.47 Å². The molecule has 0 unspecified atom stereocenters. The molecule has 10 heteroatoms. The van der Waals surface area contributed by atoms with Crippen molar-refractivity contribution in [2.45, 2.75) is 44.7 Å². The number of amides is 2. The molecule has 0 saturated carbocycles. The minimum absolute atomic E-state index is 0.0186. The summed E-state index contributed by atoms with van der Waals surface area (Å²) in [5.74, 6) is 0.399. The number of anilines is 1. The van der Waals surface area contributed by atoms with Crippen LogP contribution >= 0.6 is 0 Å². The number of benzene rings is 3. The van der Waals surface area contributed by atoms with E-state index in [9.17, 15) is 18.0 Å². The molecule has 3 aromatic carbocycles. The topological polar surface area (TPSA) is 105 Å². The Kier molecular flexibility index (Phi) is 11.0. The van der Waals surface area contributed by atoms with E-state index in [1.165, 1.54) is 17.0 Å². The molecule has 0 radical (unpaired) electrons. The van der Waals surface area contributed by atoms with Crippen molar-refractivity contribution < 1.29 is 27.5 Å². The summed E-state index contributed by atoms with van der Waals surface area (Å²) in [5, 5.41) is 2.80. The number of carbonyl (C=O) groups excluding carboxylic acids is 2. The van der Waals surface area contributed by atoms with Crippen molar-refractivity contribution in [2.24, 2.45) is 0 Å². The molecule has 0 fully saturated rings. The molecule has 0 aliphatic carbocycles. The average molecular weight is 568 g/mol. The first-order valence-electron chi connectivity index (χ1n) is 13.3. The van der Waals surface area contributed by atoms with Crippen molar-refractivity contribution in [3.05, 3.63) is 84.4 Å². The molecule has 0 aliphatic heterocycles. The van der Waals surface area contributed by atoms with E-state index in [0.717, 1.165) is 9.87 Å². The lowest BCUT2D eigenvalue weighted by Crippen LogP contribution is -2.52. The number of para-hydroxylation sites is 1. The molecule has 40 heavy (non-hydrogen) atoms. The van der Waals surface area contributed by atoms with Crippen molar-refractivity contribution in [3.8, 4) is 11.5 Å². The maximum atomic E-state index is 14.0. The number of rotatable bonds is 14. The number of hydrogen-bond acceptors (Lipinski definition) is 6. The van der Waals surface area contributed by atoms with Gasteiger partial charge in [0.15, 0.2) is 0 Å². The van der Waals surface area contributed by atoms with Crippen molar-refractivity contribution in [2.75, 3.05) is 31.1 Å². The Balaban J connectivity index is 2.01. The van der Waals surface area contributed by atoms with E-state index in [-0.39, 0.29) is 17.3 Å². The van der Waals surface area contributed by atoms with Gasteiger partial charge in [-0.25, -0.2) is 8.42 Å². The van der Waals surface area contributed by atoms with Crippen molar-refractivity contribution in [1.82, 2.24) is 10.2 Å². The third-order valence-electron chi connectivity index (χ3n) is 6.29. The zero-order chi connectivity index (χ0) is 29.1.